The smallest absolute Gasteiger partial charge is 0.227 e. The van der Waals surface area contributed by atoms with Crippen molar-refractivity contribution in [2.75, 3.05) is 20.2 Å². The monoisotopic (exact) mass is 342 g/mol. The Bertz CT molecular complexity index is 538. The molecule has 4 atom stereocenters. The van der Waals surface area contributed by atoms with E-state index in [1.807, 2.05) is 0 Å². The molecule has 2 N–H and O–H groups in total. The Balaban J connectivity index is 0.00000192. The fraction of sp³-hybridized carbons (Fsp3) is 0.588. The summed E-state index contributed by atoms with van der Waals surface area (Å²) in [6, 6.07) is 5.91. The Morgan fingerprint density at radius 3 is 2.57 bits per heavy atom. The zero-order valence-electron chi connectivity index (χ0n) is 13.3. The number of likely N-dealkylation sites (N-methyl/N-ethyl adjacent to an activating group) is 1. The Morgan fingerprint density at radius 1 is 1.30 bits per heavy atom. The second-order valence-electron chi connectivity index (χ2n) is 6.50. The maximum atomic E-state index is 12.8. The van der Waals surface area contributed by atoms with Crippen molar-refractivity contribution < 1.29 is 13.9 Å². The van der Waals surface area contributed by atoms with Crippen molar-refractivity contribution in [3.8, 4) is 5.75 Å². The van der Waals surface area contributed by atoms with E-state index >= 15 is 0 Å². The van der Waals surface area contributed by atoms with Crippen LogP contribution < -0.4 is 10.5 Å². The van der Waals surface area contributed by atoms with E-state index in [1.54, 1.807) is 24.1 Å². The van der Waals surface area contributed by atoms with E-state index in [0.717, 1.165) is 12.8 Å². The van der Waals surface area contributed by atoms with Gasteiger partial charge in [-0.05, 0) is 55.4 Å². The molecule has 1 aromatic carbocycles. The van der Waals surface area contributed by atoms with Gasteiger partial charge in [-0.25, -0.2) is 4.39 Å². The fourth-order valence-electron chi connectivity index (χ4n) is 3.90. The van der Waals surface area contributed by atoms with E-state index in [9.17, 15) is 9.18 Å². The molecule has 2 aliphatic rings. The van der Waals surface area contributed by atoms with Gasteiger partial charge in [-0.3, -0.25) is 4.79 Å². The minimum atomic E-state index is -0.287. The van der Waals surface area contributed by atoms with E-state index in [-0.39, 0.29) is 36.1 Å². The van der Waals surface area contributed by atoms with Crippen LogP contribution in [0.4, 0.5) is 4.39 Å². The van der Waals surface area contributed by atoms with E-state index in [0.29, 0.717) is 30.7 Å². The number of benzene rings is 1. The van der Waals surface area contributed by atoms with Gasteiger partial charge in [-0.1, -0.05) is 0 Å². The minimum absolute atomic E-state index is 0. The molecule has 3 rings (SSSR count). The lowest BCUT2D eigenvalue weighted by molar-refractivity contribution is -0.136. The predicted octanol–water partition coefficient (Wildman–Crippen LogP) is 2.46. The average molecular weight is 343 g/mol. The number of ether oxygens (including phenoxy) is 1. The zero-order chi connectivity index (χ0) is 15.7. The summed E-state index contributed by atoms with van der Waals surface area (Å²) >= 11 is 0. The summed E-state index contributed by atoms with van der Waals surface area (Å²) in [7, 11) is 1.80. The lowest BCUT2D eigenvalue weighted by Crippen LogP contribution is -2.46. The quantitative estimate of drug-likeness (QED) is 0.894. The van der Waals surface area contributed by atoms with Crippen molar-refractivity contribution in [3.63, 3.8) is 0 Å². The molecule has 0 aliphatic heterocycles. The summed E-state index contributed by atoms with van der Waals surface area (Å²) < 4.78 is 18.3. The second kappa shape index (κ2) is 7.49. The van der Waals surface area contributed by atoms with Gasteiger partial charge in [0.15, 0.2) is 0 Å². The SMILES string of the molecule is CN(CCOc1ccc(F)cc1)C(=O)C1C2CCC(C2)C1N.Cl. The first kappa shape index (κ1) is 18.0. The summed E-state index contributed by atoms with van der Waals surface area (Å²) in [4.78, 5) is 14.3. The van der Waals surface area contributed by atoms with Gasteiger partial charge in [0, 0.05) is 13.1 Å². The summed E-state index contributed by atoms with van der Waals surface area (Å²) in [6.07, 6.45) is 3.42. The molecule has 0 radical (unpaired) electrons. The molecular formula is C17H24ClFN2O2. The molecule has 0 heterocycles. The highest BCUT2D eigenvalue weighted by Gasteiger charge is 2.49. The number of nitrogens with two attached hydrogens (primary N) is 1. The number of halogens is 2. The normalized spacial score (nSPS) is 28.3. The van der Waals surface area contributed by atoms with Crippen LogP contribution in [-0.2, 0) is 4.79 Å². The lowest BCUT2D eigenvalue weighted by Gasteiger charge is -2.30. The third-order valence-corrected chi connectivity index (χ3v) is 5.15. The highest BCUT2D eigenvalue weighted by Crippen LogP contribution is 2.48. The standard InChI is InChI=1S/C17H23FN2O2.ClH/c1-20(8-9-22-14-6-4-13(18)5-7-14)17(21)15-11-2-3-12(10-11)16(15)19;/h4-7,11-12,15-16H,2-3,8-10,19H2,1H3;1H. The number of carbonyl (C=O) groups excluding carboxylic acids is 1. The maximum absolute atomic E-state index is 12.8. The molecule has 4 nitrogen and oxygen atoms in total. The summed E-state index contributed by atoms with van der Waals surface area (Å²) in [5.41, 5.74) is 6.22. The van der Waals surface area contributed by atoms with Gasteiger partial charge in [-0.2, -0.15) is 0 Å². The van der Waals surface area contributed by atoms with Crippen LogP contribution in [0.2, 0.25) is 0 Å². The van der Waals surface area contributed by atoms with E-state index in [2.05, 4.69) is 0 Å². The third-order valence-electron chi connectivity index (χ3n) is 5.15. The number of carbonyl (C=O) groups is 1. The Labute approximate surface area is 142 Å². The van der Waals surface area contributed by atoms with Gasteiger partial charge in [0.05, 0.1) is 12.5 Å². The first-order valence-corrected chi connectivity index (χ1v) is 7.95. The predicted molar refractivity (Wildman–Crippen MR) is 89.1 cm³/mol. The number of nitrogens with zero attached hydrogens (tertiary/aromatic N) is 1. The molecule has 1 aromatic rings. The Morgan fingerprint density at radius 2 is 1.96 bits per heavy atom. The molecule has 2 bridgehead atoms. The minimum Gasteiger partial charge on any atom is -0.492 e. The summed E-state index contributed by atoms with van der Waals surface area (Å²) in [6.45, 7) is 0.904. The number of hydrogen-bond acceptors (Lipinski definition) is 3. The summed E-state index contributed by atoms with van der Waals surface area (Å²) in [5, 5.41) is 0. The molecule has 0 aromatic heterocycles. The van der Waals surface area contributed by atoms with Crippen LogP contribution >= 0.6 is 12.4 Å². The van der Waals surface area contributed by atoms with Gasteiger partial charge in [0.2, 0.25) is 5.91 Å². The second-order valence-corrected chi connectivity index (χ2v) is 6.50. The largest absolute Gasteiger partial charge is 0.492 e. The van der Waals surface area contributed by atoms with Crippen molar-refractivity contribution in [1.29, 1.82) is 0 Å². The number of rotatable bonds is 5. The van der Waals surface area contributed by atoms with Crippen LogP contribution in [0.1, 0.15) is 19.3 Å². The lowest BCUT2D eigenvalue weighted by atomic mass is 9.84. The van der Waals surface area contributed by atoms with Crippen LogP contribution in [-0.4, -0.2) is 37.0 Å². The maximum Gasteiger partial charge on any atom is 0.227 e. The molecule has 0 saturated heterocycles. The topological polar surface area (TPSA) is 55.6 Å². The van der Waals surface area contributed by atoms with Crippen LogP contribution in [0.25, 0.3) is 0 Å². The van der Waals surface area contributed by atoms with Gasteiger partial charge in [-0.15, -0.1) is 12.4 Å². The van der Waals surface area contributed by atoms with Crippen molar-refractivity contribution in [2.24, 2.45) is 23.5 Å². The van der Waals surface area contributed by atoms with Crippen LogP contribution in [0.15, 0.2) is 24.3 Å². The number of fused-ring (bicyclic) bond motifs is 2. The highest BCUT2D eigenvalue weighted by atomic mass is 35.5. The molecule has 2 aliphatic carbocycles. The number of amides is 1. The fourth-order valence-corrected chi connectivity index (χ4v) is 3.90. The molecule has 2 fully saturated rings. The van der Waals surface area contributed by atoms with Gasteiger partial charge in [0.25, 0.3) is 0 Å². The van der Waals surface area contributed by atoms with E-state index in [1.165, 1.54) is 18.6 Å². The molecule has 0 spiro atoms. The van der Waals surface area contributed by atoms with Gasteiger partial charge >= 0.3 is 0 Å². The van der Waals surface area contributed by atoms with Crippen molar-refractivity contribution in [3.05, 3.63) is 30.1 Å². The molecule has 23 heavy (non-hydrogen) atoms. The average Bonchev–Trinajstić information content (AvgIpc) is 3.09. The summed E-state index contributed by atoms with van der Waals surface area (Å²) in [5.74, 6) is 1.44. The molecular weight excluding hydrogens is 319 g/mol. The van der Waals surface area contributed by atoms with E-state index < -0.39 is 0 Å². The van der Waals surface area contributed by atoms with Crippen LogP contribution in [0, 0.1) is 23.6 Å². The van der Waals surface area contributed by atoms with E-state index in [4.69, 9.17) is 10.5 Å². The van der Waals surface area contributed by atoms with Gasteiger partial charge < -0.3 is 15.4 Å². The van der Waals surface area contributed by atoms with Crippen LogP contribution in [0.5, 0.6) is 5.75 Å². The van der Waals surface area contributed by atoms with Crippen molar-refractivity contribution in [1.82, 2.24) is 4.90 Å². The zero-order valence-corrected chi connectivity index (χ0v) is 14.1. The molecule has 4 unspecified atom stereocenters. The molecule has 2 saturated carbocycles. The molecule has 6 heteroatoms. The highest BCUT2D eigenvalue weighted by molar-refractivity contribution is 5.85. The molecule has 1 amide bonds. The first-order chi connectivity index (χ1) is 10.6. The van der Waals surface area contributed by atoms with Crippen LogP contribution in [0.3, 0.4) is 0 Å². The Hall–Kier alpha value is -1.33. The Kier molecular flexibility index (Phi) is 5.87. The van der Waals surface area contributed by atoms with Gasteiger partial charge in [0.1, 0.15) is 18.2 Å². The number of hydrogen-bond donors (Lipinski definition) is 1. The van der Waals surface area contributed by atoms with Crippen molar-refractivity contribution in [2.45, 2.75) is 25.3 Å². The third kappa shape index (κ3) is 3.78. The molecule has 128 valence electrons. The van der Waals surface area contributed by atoms with Crippen molar-refractivity contribution >= 4 is 18.3 Å². The first-order valence-electron chi connectivity index (χ1n) is 7.95.